The SMILES string of the molecule is CCC(CC)CC(C)Cn1cc(CCCCOC)nn1. The van der Waals surface area contributed by atoms with Gasteiger partial charge in [0, 0.05) is 26.5 Å². The van der Waals surface area contributed by atoms with Gasteiger partial charge >= 0.3 is 0 Å². The van der Waals surface area contributed by atoms with Crippen LogP contribution in [0.3, 0.4) is 0 Å². The van der Waals surface area contributed by atoms with Gasteiger partial charge in [0.1, 0.15) is 0 Å². The van der Waals surface area contributed by atoms with Gasteiger partial charge in [0.25, 0.3) is 0 Å². The van der Waals surface area contributed by atoms with E-state index in [1.807, 2.05) is 4.68 Å². The predicted octanol–water partition coefficient (Wildman–Crippen LogP) is 3.71. The number of hydrogen-bond donors (Lipinski definition) is 0. The normalized spacial score (nSPS) is 13.1. The van der Waals surface area contributed by atoms with Crippen LogP contribution in [-0.2, 0) is 17.7 Å². The van der Waals surface area contributed by atoms with E-state index in [1.54, 1.807) is 7.11 Å². The monoisotopic (exact) mass is 281 g/mol. The molecular weight excluding hydrogens is 250 g/mol. The zero-order valence-electron chi connectivity index (χ0n) is 13.6. The summed E-state index contributed by atoms with van der Waals surface area (Å²) in [6, 6.07) is 0. The first-order valence-electron chi connectivity index (χ1n) is 8.07. The number of nitrogens with zero attached hydrogens (tertiary/aromatic N) is 3. The molecule has 1 aromatic rings. The van der Waals surface area contributed by atoms with Crippen molar-refractivity contribution < 1.29 is 4.74 Å². The molecule has 0 spiro atoms. The van der Waals surface area contributed by atoms with Crippen molar-refractivity contribution in [3.63, 3.8) is 0 Å². The number of hydrogen-bond acceptors (Lipinski definition) is 3. The number of aryl methyl sites for hydroxylation is 1. The summed E-state index contributed by atoms with van der Waals surface area (Å²) < 4.78 is 7.07. The molecule has 0 bridgehead atoms. The van der Waals surface area contributed by atoms with Crippen LogP contribution >= 0.6 is 0 Å². The fourth-order valence-corrected chi connectivity index (χ4v) is 2.68. The molecular formula is C16H31N3O. The van der Waals surface area contributed by atoms with E-state index in [-0.39, 0.29) is 0 Å². The highest BCUT2D eigenvalue weighted by Crippen LogP contribution is 2.19. The Morgan fingerprint density at radius 2 is 2.00 bits per heavy atom. The zero-order chi connectivity index (χ0) is 14.8. The first kappa shape index (κ1) is 17.2. The van der Waals surface area contributed by atoms with Crippen molar-refractivity contribution in [3.05, 3.63) is 11.9 Å². The second-order valence-electron chi connectivity index (χ2n) is 5.91. The Morgan fingerprint density at radius 3 is 2.65 bits per heavy atom. The Hall–Kier alpha value is -0.900. The summed E-state index contributed by atoms with van der Waals surface area (Å²) in [7, 11) is 1.75. The third-order valence-electron chi connectivity index (χ3n) is 4.01. The number of aromatic nitrogens is 3. The lowest BCUT2D eigenvalue weighted by Crippen LogP contribution is -2.12. The van der Waals surface area contributed by atoms with Gasteiger partial charge in [-0.2, -0.15) is 0 Å². The van der Waals surface area contributed by atoms with Crippen LogP contribution in [0.2, 0.25) is 0 Å². The Bertz CT molecular complexity index is 347. The summed E-state index contributed by atoms with van der Waals surface area (Å²) in [5, 5.41) is 8.51. The lowest BCUT2D eigenvalue weighted by molar-refractivity contribution is 0.193. The number of rotatable bonds is 11. The largest absolute Gasteiger partial charge is 0.385 e. The summed E-state index contributed by atoms with van der Waals surface area (Å²) in [4.78, 5) is 0. The highest BCUT2D eigenvalue weighted by molar-refractivity contribution is 4.92. The molecule has 0 fully saturated rings. The van der Waals surface area contributed by atoms with Crippen LogP contribution in [0.4, 0.5) is 0 Å². The lowest BCUT2D eigenvalue weighted by Gasteiger charge is -2.17. The van der Waals surface area contributed by atoms with Gasteiger partial charge in [-0.3, -0.25) is 4.68 Å². The van der Waals surface area contributed by atoms with Crippen molar-refractivity contribution in [2.45, 2.75) is 65.8 Å². The van der Waals surface area contributed by atoms with E-state index >= 15 is 0 Å². The first-order valence-corrected chi connectivity index (χ1v) is 8.07. The summed E-state index contributed by atoms with van der Waals surface area (Å²) in [5.74, 6) is 1.52. The van der Waals surface area contributed by atoms with Gasteiger partial charge in [-0.05, 0) is 37.5 Å². The average molecular weight is 281 g/mol. The molecule has 116 valence electrons. The molecule has 0 amide bonds. The highest BCUT2D eigenvalue weighted by atomic mass is 16.5. The Balaban J connectivity index is 2.31. The minimum absolute atomic E-state index is 0.669. The van der Waals surface area contributed by atoms with Crippen molar-refractivity contribution in [1.29, 1.82) is 0 Å². The first-order chi connectivity index (χ1) is 9.69. The van der Waals surface area contributed by atoms with Gasteiger partial charge in [-0.1, -0.05) is 38.8 Å². The molecule has 0 saturated heterocycles. The van der Waals surface area contributed by atoms with Crippen LogP contribution in [0, 0.1) is 11.8 Å². The van der Waals surface area contributed by atoms with E-state index in [0.717, 1.165) is 44.0 Å². The van der Waals surface area contributed by atoms with E-state index in [2.05, 4.69) is 37.3 Å². The summed E-state index contributed by atoms with van der Waals surface area (Å²) in [6.45, 7) is 8.71. The third kappa shape index (κ3) is 6.51. The van der Waals surface area contributed by atoms with Crippen LogP contribution in [0.25, 0.3) is 0 Å². The summed E-state index contributed by atoms with van der Waals surface area (Å²) >= 11 is 0. The molecule has 1 rings (SSSR count). The molecule has 4 nitrogen and oxygen atoms in total. The second kappa shape index (κ2) is 9.92. The minimum Gasteiger partial charge on any atom is -0.385 e. The Labute approximate surface area is 123 Å². The molecule has 1 heterocycles. The molecule has 4 heteroatoms. The van der Waals surface area contributed by atoms with Crippen molar-refractivity contribution in [3.8, 4) is 0 Å². The highest BCUT2D eigenvalue weighted by Gasteiger charge is 2.11. The van der Waals surface area contributed by atoms with Gasteiger partial charge in [0.15, 0.2) is 0 Å². The molecule has 1 aromatic heterocycles. The van der Waals surface area contributed by atoms with Gasteiger partial charge < -0.3 is 4.74 Å². The molecule has 20 heavy (non-hydrogen) atoms. The van der Waals surface area contributed by atoms with Crippen LogP contribution in [0.15, 0.2) is 6.20 Å². The maximum absolute atomic E-state index is 5.05. The molecule has 0 aliphatic carbocycles. The maximum Gasteiger partial charge on any atom is 0.0827 e. The van der Waals surface area contributed by atoms with Gasteiger partial charge in [-0.15, -0.1) is 5.10 Å². The maximum atomic E-state index is 5.05. The van der Waals surface area contributed by atoms with Crippen LogP contribution in [0.1, 0.15) is 58.6 Å². The van der Waals surface area contributed by atoms with Gasteiger partial charge in [0.05, 0.1) is 5.69 Å². The van der Waals surface area contributed by atoms with Crippen LogP contribution in [0.5, 0.6) is 0 Å². The third-order valence-corrected chi connectivity index (χ3v) is 4.01. The zero-order valence-corrected chi connectivity index (χ0v) is 13.6. The molecule has 0 N–H and O–H groups in total. The van der Waals surface area contributed by atoms with Gasteiger partial charge in [0.2, 0.25) is 0 Å². The average Bonchev–Trinajstić information content (AvgIpc) is 2.88. The quantitative estimate of drug-likeness (QED) is 0.580. The summed E-state index contributed by atoms with van der Waals surface area (Å²) in [5.41, 5.74) is 1.11. The van der Waals surface area contributed by atoms with Crippen molar-refractivity contribution >= 4 is 0 Å². The fourth-order valence-electron chi connectivity index (χ4n) is 2.68. The standard InChI is InChI=1S/C16H31N3O/c1-5-15(6-2)11-14(3)12-19-13-16(17-18-19)9-7-8-10-20-4/h13-15H,5-12H2,1-4H3. The van der Waals surface area contributed by atoms with Crippen LogP contribution in [-0.4, -0.2) is 28.7 Å². The lowest BCUT2D eigenvalue weighted by atomic mass is 9.92. The summed E-state index contributed by atoms with van der Waals surface area (Å²) in [6.07, 6.45) is 9.17. The van der Waals surface area contributed by atoms with E-state index in [0.29, 0.717) is 5.92 Å². The fraction of sp³-hybridized carbons (Fsp3) is 0.875. The molecule has 0 aliphatic rings. The van der Waals surface area contributed by atoms with E-state index in [9.17, 15) is 0 Å². The minimum atomic E-state index is 0.669. The Kier molecular flexibility index (Phi) is 8.51. The van der Waals surface area contributed by atoms with Crippen molar-refractivity contribution in [2.75, 3.05) is 13.7 Å². The molecule has 1 atom stereocenters. The number of ether oxygens (including phenoxy) is 1. The molecule has 0 saturated carbocycles. The van der Waals surface area contributed by atoms with Crippen molar-refractivity contribution in [1.82, 2.24) is 15.0 Å². The number of methoxy groups -OCH3 is 1. The van der Waals surface area contributed by atoms with E-state index in [4.69, 9.17) is 4.74 Å². The molecule has 0 radical (unpaired) electrons. The van der Waals surface area contributed by atoms with Crippen molar-refractivity contribution in [2.24, 2.45) is 11.8 Å². The number of unbranched alkanes of at least 4 members (excludes halogenated alkanes) is 1. The van der Waals surface area contributed by atoms with Crippen LogP contribution < -0.4 is 0 Å². The second-order valence-corrected chi connectivity index (χ2v) is 5.91. The van der Waals surface area contributed by atoms with E-state index in [1.165, 1.54) is 19.3 Å². The molecule has 1 unspecified atom stereocenters. The predicted molar refractivity (Wildman–Crippen MR) is 82.7 cm³/mol. The Morgan fingerprint density at radius 1 is 1.25 bits per heavy atom. The topological polar surface area (TPSA) is 39.9 Å². The van der Waals surface area contributed by atoms with Gasteiger partial charge in [-0.25, -0.2) is 0 Å². The van der Waals surface area contributed by atoms with E-state index < -0.39 is 0 Å². The molecule has 0 aromatic carbocycles. The molecule has 0 aliphatic heterocycles. The smallest absolute Gasteiger partial charge is 0.0827 e.